The average molecular weight is 417 g/mol. The van der Waals surface area contributed by atoms with Gasteiger partial charge in [0.1, 0.15) is 17.0 Å². The van der Waals surface area contributed by atoms with Crippen molar-refractivity contribution < 1.29 is 18.4 Å². The van der Waals surface area contributed by atoms with Crippen LogP contribution in [0, 0.1) is 0 Å². The highest BCUT2D eigenvalue weighted by Gasteiger charge is 2.12. The SMILES string of the molecule is O=C(NCc1ccco1)c1ccc2oc(COc3ccc(Cl)cc3Cl)nc2c1. The van der Waals surface area contributed by atoms with Crippen molar-refractivity contribution in [3.63, 3.8) is 0 Å². The molecular weight excluding hydrogens is 403 g/mol. The van der Waals surface area contributed by atoms with Crippen molar-refractivity contribution >= 4 is 40.2 Å². The molecule has 0 fully saturated rings. The van der Waals surface area contributed by atoms with Crippen LogP contribution in [0.4, 0.5) is 0 Å². The van der Waals surface area contributed by atoms with Gasteiger partial charge >= 0.3 is 0 Å². The molecule has 142 valence electrons. The molecule has 2 aromatic carbocycles. The fourth-order valence-electron chi connectivity index (χ4n) is 2.59. The Hall–Kier alpha value is -2.96. The first kappa shape index (κ1) is 18.4. The number of benzene rings is 2. The zero-order valence-corrected chi connectivity index (χ0v) is 16.0. The lowest BCUT2D eigenvalue weighted by atomic mass is 10.2. The lowest BCUT2D eigenvalue weighted by Crippen LogP contribution is -2.22. The van der Waals surface area contributed by atoms with Crippen molar-refractivity contribution in [3.8, 4) is 5.75 Å². The van der Waals surface area contributed by atoms with Gasteiger partial charge in [0.05, 0.1) is 17.8 Å². The Labute approximate surface area is 170 Å². The number of hydrogen-bond acceptors (Lipinski definition) is 5. The summed E-state index contributed by atoms with van der Waals surface area (Å²) < 4.78 is 16.5. The number of furan rings is 1. The molecule has 0 atom stereocenters. The van der Waals surface area contributed by atoms with Gasteiger partial charge in [-0.3, -0.25) is 4.79 Å². The Morgan fingerprint density at radius 3 is 2.82 bits per heavy atom. The summed E-state index contributed by atoms with van der Waals surface area (Å²) in [5.41, 5.74) is 1.59. The van der Waals surface area contributed by atoms with E-state index in [4.69, 9.17) is 36.8 Å². The fraction of sp³-hybridized carbons (Fsp3) is 0.100. The Balaban J connectivity index is 1.44. The molecule has 1 N–H and O–H groups in total. The quantitative estimate of drug-likeness (QED) is 0.465. The highest BCUT2D eigenvalue weighted by molar-refractivity contribution is 6.35. The zero-order valence-electron chi connectivity index (χ0n) is 14.4. The van der Waals surface area contributed by atoms with Gasteiger partial charge in [0.25, 0.3) is 5.91 Å². The maximum Gasteiger partial charge on any atom is 0.251 e. The predicted molar refractivity (Wildman–Crippen MR) is 105 cm³/mol. The molecule has 0 saturated carbocycles. The number of hydrogen-bond donors (Lipinski definition) is 1. The molecule has 0 aliphatic heterocycles. The van der Waals surface area contributed by atoms with Gasteiger partial charge < -0.3 is 18.9 Å². The van der Waals surface area contributed by atoms with Crippen LogP contribution in [0.5, 0.6) is 5.75 Å². The van der Waals surface area contributed by atoms with Crippen LogP contribution in [-0.2, 0) is 13.2 Å². The normalized spacial score (nSPS) is 10.9. The predicted octanol–water partition coefficient (Wildman–Crippen LogP) is 5.24. The summed E-state index contributed by atoms with van der Waals surface area (Å²) in [6.45, 7) is 0.402. The number of fused-ring (bicyclic) bond motifs is 1. The largest absolute Gasteiger partial charge is 0.482 e. The molecule has 8 heteroatoms. The molecule has 6 nitrogen and oxygen atoms in total. The molecule has 0 aliphatic carbocycles. The van der Waals surface area contributed by atoms with Crippen molar-refractivity contribution in [1.82, 2.24) is 10.3 Å². The molecule has 0 saturated heterocycles. The maximum atomic E-state index is 12.3. The topological polar surface area (TPSA) is 77.5 Å². The van der Waals surface area contributed by atoms with Crippen LogP contribution in [0.25, 0.3) is 11.1 Å². The molecule has 0 radical (unpaired) electrons. The van der Waals surface area contributed by atoms with E-state index in [2.05, 4.69) is 10.3 Å². The van der Waals surface area contributed by atoms with Gasteiger partial charge in [0.2, 0.25) is 5.89 Å². The second-order valence-corrected chi connectivity index (χ2v) is 6.76. The van der Waals surface area contributed by atoms with E-state index in [1.807, 2.05) is 0 Å². The Morgan fingerprint density at radius 2 is 2.04 bits per heavy atom. The lowest BCUT2D eigenvalue weighted by molar-refractivity contribution is 0.0948. The van der Waals surface area contributed by atoms with Crippen LogP contribution in [-0.4, -0.2) is 10.9 Å². The Kier molecular flexibility index (Phi) is 5.23. The number of nitrogens with zero attached hydrogens (tertiary/aromatic N) is 1. The molecular formula is C20H14Cl2N2O4. The minimum Gasteiger partial charge on any atom is -0.482 e. The van der Waals surface area contributed by atoms with Gasteiger partial charge in [-0.2, -0.15) is 0 Å². The average Bonchev–Trinajstić information content (AvgIpc) is 3.34. The minimum absolute atomic E-state index is 0.0933. The van der Waals surface area contributed by atoms with E-state index < -0.39 is 0 Å². The summed E-state index contributed by atoms with van der Waals surface area (Å²) in [7, 11) is 0. The first-order valence-electron chi connectivity index (χ1n) is 8.36. The van der Waals surface area contributed by atoms with Crippen molar-refractivity contribution in [3.05, 3.63) is 82.1 Å². The molecule has 4 rings (SSSR count). The van der Waals surface area contributed by atoms with E-state index in [-0.39, 0.29) is 12.5 Å². The molecule has 0 unspecified atom stereocenters. The first-order chi connectivity index (χ1) is 13.6. The Morgan fingerprint density at radius 1 is 1.14 bits per heavy atom. The van der Waals surface area contributed by atoms with E-state index in [0.29, 0.717) is 50.7 Å². The van der Waals surface area contributed by atoms with Crippen molar-refractivity contribution in [2.24, 2.45) is 0 Å². The van der Waals surface area contributed by atoms with Gasteiger partial charge in [-0.15, -0.1) is 0 Å². The van der Waals surface area contributed by atoms with Crippen LogP contribution in [0.3, 0.4) is 0 Å². The molecule has 1 amide bonds. The van der Waals surface area contributed by atoms with Crippen LogP contribution in [0.1, 0.15) is 22.0 Å². The van der Waals surface area contributed by atoms with E-state index in [1.165, 1.54) is 0 Å². The van der Waals surface area contributed by atoms with E-state index >= 15 is 0 Å². The van der Waals surface area contributed by atoms with Crippen molar-refractivity contribution in [2.45, 2.75) is 13.2 Å². The van der Waals surface area contributed by atoms with E-state index in [9.17, 15) is 4.79 Å². The lowest BCUT2D eigenvalue weighted by Gasteiger charge is -2.05. The molecule has 2 heterocycles. The van der Waals surface area contributed by atoms with Gasteiger partial charge in [-0.1, -0.05) is 23.2 Å². The maximum absolute atomic E-state index is 12.3. The number of nitrogens with one attached hydrogen (secondary N) is 1. The molecule has 0 aliphatic rings. The third-order valence-electron chi connectivity index (χ3n) is 3.94. The molecule has 0 spiro atoms. The van der Waals surface area contributed by atoms with Crippen molar-refractivity contribution in [2.75, 3.05) is 0 Å². The summed E-state index contributed by atoms with van der Waals surface area (Å²) in [5.74, 6) is 1.30. The minimum atomic E-state index is -0.230. The number of oxazole rings is 1. The summed E-state index contributed by atoms with van der Waals surface area (Å²) >= 11 is 12.0. The number of aromatic nitrogens is 1. The van der Waals surface area contributed by atoms with Gasteiger partial charge in [0.15, 0.2) is 12.2 Å². The number of amides is 1. The summed E-state index contributed by atoms with van der Waals surface area (Å²) in [4.78, 5) is 16.7. The number of carbonyl (C=O) groups excluding carboxylic acids is 1. The molecule has 4 aromatic rings. The standard InChI is InChI=1S/C20H14Cl2N2O4/c21-13-4-6-17(15(22)9-13)27-11-19-24-16-8-12(3-5-18(16)28-19)20(25)23-10-14-2-1-7-26-14/h1-9H,10-11H2,(H,23,25). The molecule has 28 heavy (non-hydrogen) atoms. The number of halogens is 2. The van der Waals surface area contributed by atoms with E-state index in [0.717, 1.165) is 0 Å². The summed E-state index contributed by atoms with van der Waals surface area (Å²) in [6.07, 6.45) is 1.56. The van der Waals surface area contributed by atoms with Gasteiger partial charge in [-0.25, -0.2) is 4.98 Å². The summed E-state index contributed by atoms with van der Waals surface area (Å²) in [6, 6.07) is 13.5. The second kappa shape index (κ2) is 7.96. The van der Waals surface area contributed by atoms with Crippen molar-refractivity contribution in [1.29, 1.82) is 0 Å². The van der Waals surface area contributed by atoms with Crippen LogP contribution < -0.4 is 10.1 Å². The monoisotopic (exact) mass is 416 g/mol. The highest BCUT2D eigenvalue weighted by Crippen LogP contribution is 2.28. The number of ether oxygens (including phenoxy) is 1. The third-order valence-corrected chi connectivity index (χ3v) is 4.47. The first-order valence-corrected chi connectivity index (χ1v) is 9.12. The highest BCUT2D eigenvalue weighted by atomic mass is 35.5. The van der Waals surface area contributed by atoms with Crippen LogP contribution in [0.15, 0.2) is 63.6 Å². The zero-order chi connectivity index (χ0) is 19.5. The van der Waals surface area contributed by atoms with Gasteiger partial charge in [-0.05, 0) is 48.5 Å². The second-order valence-electron chi connectivity index (χ2n) is 5.92. The van der Waals surface area contributed by atoms with Crippen LogP contribution in [0.2, 0.25) is 10.0 Å². The number of carbonyl (C=O) groups is 1. The Bertz CT molecular complexity index is 1120. The van der Waals surface area contributed by atoms with E-state index in [1.54, 1.807) is 54.8 Å². The van der Waals surface area contributed by atoms with Crippen LogP contribution >= 0.6 is 23.2 Å². The van der Waals surface area contributed by atoms with Gasteiger partial charge in [0, 0.05) is 10.6 Å². The summed E-state index contributed by atoms with van der Waals surface area (Å²) in [5, 5.41) is 3.72. The molecule has 2 aromatic heterocycles. The number of rotatable bonds is 6. The smallest absolute Gasteiger partial charge is 0.251 e. The third kappa shape index (κ3) is 4.13. The molecule has 0 bridgehead atoms. The fourth-order valence-corrected chi connectivity index (χ4v) is 3.06.